The Labute approximate surface area is 113 Å². The van der Waals surface area contributed by atoms with Gasteiger partial charge >= 0.3 is 5.69 Å². The van der Waals surface area contributed by atoms with Crippen molar-refractivity contribution in [1.82, 2.24) is 9.97 Å². The van der Waals surface area contributed by atoms with Gasteiger partial charge in [-0.05, 0) is 17.7 Å². The van der Waals surface area contributed by atoms with Gasteiger partial charge < -0.3 is 16.0 Å². The first-order valence-corrected chi connectivity index (χ1v) is 5.92. The zero-order valence-electron chi connectivity index (χ0n) is 10.8. The number of hydrogen-bond acceptors (Lipinski definition) is 4. The van der Waals surface area contributed by atoms with Crippen molar-refractivity contribution in [3.8, 4) is 0 Å². The molecule has 7 nitrogen and oxygen atoms in total. The Morgan fingerprint density at radius 3 is 2.60 bits per heavy atom. The molecule has 0 fully saturated rings. The Balaban J connectivity index is 2.26. The molecule has 0 spiro atoms. The molecule has 0 bridgehead atoms. The Morgan fingerprint density at radius 1 is 1.25 bits per heavy atom. The molecule has 5 N–H and O–H groups in total. The van der Waals surface area contributed by atoms with Crippen molar-refractivity contribution in [2.45, 2.75) is 13.3 Å². The number of rotatable bonds is 3. The summed E-state index contributed by atoms with van der Waals surface area (Å²) in [6.45, 7) is 1.40. The largest absolute Gasteiger partial charge is 0.397 e. The molecule has 2 aromatic rings. The number of amides is 1. The van der Waals surface area contributed by atoms with Crippen molar-refractivity contribution in [3.05, 3.63) is 56.4 Å². The molecular weight excluding hydrogens is 260 g/mol. The minimum Gasteiger partial charge on any atom is -0.397 e. The number of hydrogen-bond donors (Lipinski definition) is 4. The first kappa shape index (κ1) is 13.6. The summed E-state index contributed by atoms with van der Waals surface area (Å²) in [7, 11) is 0. The topological polar surface area (TPSA) is 121 Å². The van der Waals surface area contributed by atoms with Crippen LogP contribution in [-0.4, -0.2) is 15.9 Å². The molecule has 2 rings (SSSR count). The van der Waals surface area contributed by atoms with Crippen molar-refractivity contribution >= 4 is 17.3 Å². The van der Waals surface area contributed by atoms with E-state index in [1.54, 1.807) is 18.2 Å². The summed E-state index contributed by atoms with van der Waals surface area (Å²) in [6, 6.07) is 6.45. The highest BCUT2D eigenvalue weighted by Gasteiger charge is 2.04. The third-order valence-electron chi connectivity index (χ3n) is 2.64. The maximum absolute atomic E-state index is 11.2. The van der Waals surface area contributed by atoms with Crippen LogP contribution in [0.5, 0.6) is 0 Å². The van der Waals surface area contributed by atoms with Crippen molar-refractivity contribution in [1.29, 1.82) is 0 Å². The van der Waals surface area contributed by atoms with Crippen LogP contribution in [0.25, 0.3) is 0 Å². The van der Waals surface area contributed by atoms with Gasteiger partial charge in [-0.2, -0.15) is 0 Å². The molecule has 7 heteroatoms. The Bertz CT molecular complexity index is 732. The Hall–Kier alpha value is -2.83. The molecule has 0 unspecified atom stereocenters. The summed E-state index contributed by atoms with van der Waals surface area (Å²) < 4.78 is 0. The minimum atomic E-state index is -0.546. The molecule has 1 aromatic carbocycles. The van der Waals surface area contributed by atoms with Gasteiger partial charge in [0.1, 0.15) is 0 Å². The van der Waals surface area contributed by atoms with Gasteiger partial charge in [0.05, 0.1) is 11.4 Å². The molecule has 0 saturated heterocycles. The van der Waals surface area contributed by atoms with E-state index in [4.69, 9.17) is 5.73 Å². The van der Waals surface area contributed by atoms with Gasteiger partial charge in [0.2, 0.25) is 5.91 Å². The van der Waals surface area contributed by atoms with Gasteiger partial charge in [-0.25, -0.2) is 4.79 Å². The highest BCUT2D eigenvalue weighted by Crippen LogP contribution is 2.20. The van der Waals surface area contributed by atoms with Crippen LogP contribution in [0, 0.1) is 0 Å². The highest BCUT2D eigenvalue weighted by molar-refractivity contribution is 5.92. The fraction of sp³-hybridized carbons (Fsp3) is 0.154. The van der Waals surface area contributed by atoms with Crippen LogP contribution in [0.2, 0.25) is 0 Å². The summed E-state index contributed by atoms with van der Waals surface area (Å²) in [6.07, 6.45) is 0.365. The first-order chi connectivity index (χ1) is 9.44. The lowest BCUT2D eigenvalue weighted by Crippen LogP contribution is -2.23. The number of H-pyrrole nitrogens is 2. The predicted molar refractivity (Wildman–Crippen MR) is 75.6 cm³/mol. The average Bonchev–Trinajstić information content (AvgIpc) is 2.31. The summed E-state index contributed by atoms with van der Waals surface area (Å²) in [4.78, 5) is 38.0. The molecule has 1 heterocycles. The first-order valence-electron chi connectivity index (χ1n) is 5.92. The highest BCUT2D eigenvalue weighted by atomic mass is 16.2. The minimum absolute atomic E-state index is 0.205. The van der Waals surface area contributed by atoms with Gasteiger partial charge in [-0.3, -0.25) is 14.6 Å². The zero-order valence-corrected chi connectivity index (χ0v) is 10.8. The Morgan fingerprint density at radius 2 is 2.00 bits per heavy atom. The van der Waals surface area contributed by atoms with Crippen LogP contribution in [0.1, 0.15) is 18.2 Å². The molecule has 0 aliphatic heterocycles. The van der Waals surface area contributed by atoms with Crippen LogP contribution in [0.3, 0.4) is 0 Å². The lowest BCUT2D eigenvalue weighted by Gasteiger charge is -2.08. The van der Waals surface area contributed by atoms with Crippen molar-refractivity contribution in [3.63, 3.8) is 0 Å². The van der Waals surface area contributed by atoms with Gasteiger partial charge in [-0.15, -0.1) is 0 Å². The van der Waals surface area contributed by atoms with E-state index in [1.165, 1.54) is 13.0 Å². The second-order valence-electron chi connectivity index (χ2n) is 4.39. The van der Waals surface area contributed by atoms with Crippen LogP contribution in [0.15, 0.2) is 33.9 Å². The monoisotopic (exact) mass is 274 g/mol. The van der Waals surface area contributed by atoms with Crippen molar-refractivity contribution in [2.75, 3.05) is 11.1 Å². The molecule has 0 saturated carbocycles. The fourth-order valence-electron chi connectivity index (χ4n) is 1.86. The third kappa shape index (κ3) is 3.35. The Kier molecular flexibility index (Phi) is 3.69. The van der Waals surface area contributed by atoms with Gasteiger partial charge in [0, 0.05) is 25.1 Å². The molecule has 1 aromatic heterocycles. The van der Waals surface area contributed by atoms with Gasteiger partial charge in [0.25, 0.3) is 5.56 Å². The maximum atomic E-state index is 11.2. The number of nitrogens with one attached hydrogen (secondary N) is 3. The number of benzene rings is 1. The van der Waals surface area contributed by atoms with Gasteiger partial charge in [-0.1, -0.05) is 6.07 Å². The fourth-order valence-corrected chi connectivity index (χ4v) is 1.86. The van der Waals surface area contributed by atoms with Crippen LogP contribution in [-0.2, 0) is 11.2 Å². The molecule has 104 valence electrons. The number of nitrogens with two attached hydrogens (primary N) is 1. The van der Waals surface area contributed by atoms with Gasteiger partial charge in [0.15, 0.2) is 0 Å². The van der Waals surface area contributed by atoms with E-state index in [-0.39, 0.29) is 5.91 Å². The summed E-state index contributed by atoms with van der Waals surface area (Å²) in [5.41, 5.74) is 7.09. The second-order valence-corrected chi connectivity index (χ2v) is 4.39. The lowest BCUT2D eigenvalue weighted by atomic mass is 10.1. The summed E-state index contributed by atoms with van der Waals surface area (Å²) in [5.74, 6) is -0.205. The molecule has 1 amide bonds. The van der Waals surface area contributed by atoms with Crippen LogP contribution in [0.4, 0.5) is 11.4 Å². The van der Waals surface area contributed by atoms with E-state index < -0.39 is 11.2 Å². The van der Waals surface area contributed by atoms with E-state index in [2.05, 4.69) is 15.3 Å². The number of carbonyl (C=O) groups is 1. The maximum Gasteiger partial charge on any atom is 0.325 e. The van der Waals surface area contributed by atoms with Crippen LogP contribution >= 0.6 is 0 Å². The lowest BCUT2D eigenvalue weighted by molar-refractivity contribution is -0.114. The van der Waals surface area contributed by atoms with E-state index in [1.807, 2.05) is 0 Å². The standard InChI is InChI=1S/C13H14N4O3/c1-7(18)15-11-3-2-8(5-10(11)14)4-9-6-12(19)17-13(20)16-9/h2-3,5-6H,4,14H2,1H3,(H,15,18)(H2,16,17,19,20). The number of aromatic nitrogens is 2. The quantitative estimate of drug-likeness (QED) is 0.597. The third-order valence-corrected chi connectivity index (χ3v) is 2.64. The number of anilines is 2. The average molecular weight is 274 g/mol. The normalized spacial score (nSPS) is 10.2. The number of aromatic amines is 2. The summed E-state index contributed by atoms with van der Waals surface area (Å²) >= 11 is 0. The number of nitrogen functional groups attached to an aromatic ring is 1. The SMILES string of the molecule is CC(=O)Nc1ccc(Cc2cc(=O)[nH]c(=O)[nH]2)cc1N. The molecule has 0 atom stereocenters. The molecule has 20 heavy (non-hydrogen) atoms. The van der Waals surface area contributed by atoms with E-state index in [9.17, 15) is 14.4 Å². The van der Waals surface area contributed by atoms with E-state index >= 15 is 0 Å². The molecule has 0 radical (unpaired) electrons. The predicted octanol–water partition coefficient (Wildman–Crippen LogP) is 0.195. The van der Waals surface area contributed by atoms with E-state index in [0.29, 0.717) is 23.5 Å². The van der Waals surface area contributed by atoms with Crippen molar-refractivity contribution < 1.29 is 4.79 Å². The summed E-state index contributed by atoms with van der Waals surface area (Å²) in [5, 5.41) is 2.61. The van der Waals surface area contributed by atoms with E-state index in [0.717, 1.165) is 5.56 Å². The van der Waals surface area contributed by atoms with Crippen molar-refractivity contribution in [2.24, 2.45) is 0 Å². The molecule has 0 aliphatic rings. The number of carbonyl (C=O) groups excluding carboxylic acids is 1. The molecule has 0 aliphatic carbocycles. The smallest absolute Gasteiger partial charge is 0.325 e. The van der Waals surface area contributed by atoms with Crippen LogP contribution < -0.4 is 22.3 Å². The second kappa shape index (κ2) is 5.43. The zero-order chi connectivity index (χ0) is 14.7. The molecular formula is C13H14N4O3.